The van der Waals surface area contributed by atoms with Gasteiger partial charge in [0.1, 0.15) is 5.58 Å². The van der Waals surface area contributed by atoms with Crippen LogP contribution in [0.3, 0.4) is 0 Å². The fourth-order valence-electron chi connectivity index (χ4n) is 6.24. The fourth-order valence-corrected chi connectivity index (χ4v) is 6.24. The van der Waals surface area contributed by atoms with E-state index >= 15 is 0 Å². The standard InChI is InChI=1S/C37H23NO2/c39-32-23-30-35-29(21-12-22-31(35)40-32)34(25-15-6-2-7-16-25)37-28-20-11-10-19-27(28)33(24-13-4-1-5-14-24)36(38(30)37)26-17-8-3-9-18-26/h1-23H. The molecule has 2 aliphatic rings. The van der Waals surface area contributed by atoms with Crippen LogP contribution < -0.4 is 10.5 Å². The van der Waals surface area contributed by atoms with Gasteiger partial charge in [0.2, 0.25) is 0 Å². The van der Waals surface area contributed by atoms with Crippen LogP contribution in [-0.4, -0.2) is 0 Å². The van der Waals surface area contributed by atoms with Crippen LogP contribution in [0.5, 0.6) is 0 Å². The van der Waals surface area contributed by atoms with E-state index in [0.29, 0.717) is 5.58 Å². The molecule has 3 heterocycles. The lowest BCUT2D eigenvalue weighted by Gasteiger charge is -2.42. The zero-order chi connectivity index (χ0) is 26.6. The van der Waals surface area contributed by atoms with Crippen LogP contribution in [0.2, 0.25) is 0 Å². The Morgan fingerprint density at radius 2 is 1.00 bits per heavy atom. The molecule has 0 amide bonds. The van der Waals surface area contributed by atoms with Gasteiger partial charge in [-0.3, -0.25) is 0 Å². The average molecular weight is 514 g/mol. The normalized spacial score (nSPS) is 13.8. The molecule has 1 aromatic heterocycles. The summed E-state index contributed by atoms with van der Waals surface area (Å²) >= 11 is 0. The molecule has 0 fully saturated rings. The quantitative estimate of drug-likeness (QED) is 0.223. The van der Waals surface area contributed by atoms with Gasteiger partial charge >= 0.3 is 5.63 Å². The molecule has 0 atom stereocenters. The minimum atomic E-state index is -0.366. The molecule has 8 rings (SSSR count). The summed E-state index contributed by atoms with van der Waals surface area (Å²) in [5.41, 5.74) is 12.0. The van der Waals surface area contributed by atoms with Crippen molar-refractivity contribution in [3.8, 4) is 0 Å². The van der Waals surface area contributed by atoms with Gasteiger partial charge in [0.05, 0.1) is 17.1 Å². The van der Waals surface area contributed by atoms with E-state index in [4.69, 9.17) is 4.42 Å². The van der Waals surface area contributed by atoms with Crippen LogP contribution in [-0.2, 0) is 0 Å². The third-order valence-electron chi connectivity index (χ3n) is 7.80. The molecule has 0 N–H and O–H groups in total. The van der Waals surface area contributed by atoms with Gasteiger partial charge in [-0.2, -0.15) is 0 Å². The van der Waals surface area contributed by atoms with E-state index in [-0.39, 0.29) is 5.63 Å². The fraction of sp³-hybridized carbons (Fsp3) is 0. The number of nitrogens with zero attached hydrogens (tertiary/aromatic N) is 1. The summed E-state index contributed by atoms with van der Waals surface area (Å²) in [5, 5.41) is 0.935. The maximum absolute atomic E-state index is 13.0. The Bertz CT molecular complexity index is 2050. The summed E-state index contributed by atoms with van der Waals surface area (Å²) in [4.78, 5) is 15.3. The molecule has 2 aliphatic heterocycles. The largest absolute Gasteiger partial charge is 0.423 e. The van der Waals surface area contributed by atoms with Crippen molar-refractivity contribution in [3.05, 3.63) is 183 Å². The van der Waals surface area contributed by atoms with Gasteiger partial charge in [-0.25, -0.2) is 4.79 Å². The molecule has 0 aliphatic carbocycles. The Hall–Kier alpha value is -5.41. The molecular formula is C37H23NO2. The summed E-state index contributed by atoms with van der Waals surface area (Å²) in [6.45, 7) is 0. The molecule has 6 aromatic rings. The molecular weight excluding hydrogens is 490 g/mol. The van der Waals surface area contributed by atoms with Gasteiger partial charge in [0.15, 0.2) is 0 Å². The van der Waals surface area contributed by atoms with Gasteiger partial charge in [0, 0.05) is 28.2 Å². The highest BCUT2D eigenvalue weighted by atomic mass is 16.4. The van der Waals surface area contributed by atoms with Gasteiger partial charge < -0.3 is 9.32 Å². The van der Waals surface area contributed by atoms with Gasteiger partial charge in [-0.05, 0) is 33.9 Å². The molecule has 0 saturated heterocycles. The first-order valence-corrected chi connectivity index (χ1v) is 13.4. The number of fused-ring (bicyclic) bond motifs is 4. The van der Waals surface area contributed by atoms with Crippen LogP contribution in [0.1, 0.15) is 33.4 Å². The minimum Gasteiger partial charge on any atom is -0.423 e. The van der Waals surface area contributed by atoms with Crippen LogP contribution in [0.15, 0.2) is 149 Å². The predicted octanol–water partition coefficient (Wildman–Crippen LogP) is 8.46. The molecule has 3 heteroatoms. The Morgan fingerprint density at radius 3 is 1.65 bits per heavy atom. The topological polar surface area (TPSA) is 33.5 Å². The second kappa shape index (κ2) is 8.82. The lowest BCUT2D eigenvalue weighted by Crippen LogP contribution is -2.30. The zero-order valence-corrected chi connectivity index (χ0v) is 21.5. The average Bonchev–Trinajstić information content (AvgIpc) is 3.01. The first kappa shape index (κ1) is 22.6. The Kier molecular flexibility index (Phi) is 4.98. The second-order valence-corrected chi connectivity index (χ2v) is 10.1. The summed E-state index contributed by atoms with van der Waals surface area (Å²) in [6.07, 6.45) is 0. The molecule has 0 bridgehead atoms. The first-order valence-electron chi connectivity index (χ1n) is 13.4. The molecule has 0 spiro atoms. The molecule has 188 valence electrons. The lowest BCUT2D eigenvalue weighted by molar-refractivity contribution is 0.561. The van der Waals surface area contributed by atoms with Crippen molar-refractivity contribution in [2.45, 2.75) is 0 Å². The van der Waals surface area contributed by atoms with Gasteiger partial charge in [0.25, 0.3) is 0 Å². The highest BCUT2D eigenvalue weighted by molar-refractivity contribution is 6.26. The van der Waals surface area contributed by atoms with E-state index in [9.17, 15) is 4.79 Å². The number of hydrogen-bond donors (Lipinski definition) is 0. The Morgan fingerprint density at radius 1 is 0.475 bits per heavy atom. The monoisotopic (exact) mass is 513 g/mol. The van der Waals surface area contributed by atoms with Crippen molar-refractivity contribution in [1.82, 2.24) is 0 Å². The molecule has 5 aromatic carbocycles. The van der Waals surface area contributed by atoms with Crippen molar-refractivity contribution >= 4 is 39.2 Å². The Balaban J connectivity index is 1.63. The highest BCUT2D eigenvalue weighted by Crippen LogP contribution is 2.55. The second-order valence-electron chi connectivity index (χ2n) is 10.1. The lowest BCUT2D eigenvalue weighted by atomic mass is 9.79. The first-order chi connectivity index (χ1) is 19.8. The van der Waals surface area contributed by atoms with Crippen molar-refractivity contribution in [2.75, 3.05) is 4.90 Å². The van der Waals surface area contributed by atoms with E-state index in [0.717, 1.165) is 67.0 Å². The van der Waals surface area contributed by atoms with Crippen molar-refractivity contribution in [1.29, 1.82) is 0 Å². The minimum absolute atomic E-state index is 0.366. The molecule has 0 saturated carbocycles. The van der Waals surface area contributed by atoms with Crippen LogP contribution >= 0.6 is 0 Å². The van der Waals surface area contributed by atoms with Crippen LogP contribution in [0, 0.1) is 0 Å². The zero-order valence-electron chi connectivity index (χ0n) is 21.5. The van der Waals surface area contributed by atoms with Gasteiger partial charge in [-0.15, -0.1) is 0 Å². The smallest absolute Gasteiger partial charge is 0.338 e. The summed E-state index contributed by atoms with van der Waals surface area (Å²) in [7, 11) is 0. The number of benzene rings is 5. The van der Waals surface area contributed by atoms with E-state index in [1.165, 1.54) is 0 Å². The highest BCUT2D eigenvalue weighted by Gasteiger charge is 2.38. The number of anilines is 1. The third kappa shape index (κ3) is 3.28. The van der Waals surface area contributed by atoms with E-state index < -0.39 is 0 Å². The third-order valence-corrected chi connectivity index (χ3v) is 7.80. The molecule has 0 radical (unpaired) electrons. The molecule has 0 unspecified atom stereocenters. The van der Waals surface area contributed by atoms with E-state index in [1.54, 1.807) is 6.07 Å². The number of hydrogen-bond acceptors (Lipinski definition) is 3. The van der Waals surface area contributed by atoms with Gasteiger partial charge in [-0.1, -0.05) is 127 Å². The van der Waals surface area contributed by atoms with E-state index in [2.05, 4.69) is 108 Å². The summed E-state index contributed by atoms with van der Waals surface area (Å²) < 4.78 is 5.78. The summed E-state index contributed by atoms with van der Waals surface area (Å²) in [6, 6.07) is 47.8. The Labute approximate surface area is 231 Å². The molecule has 3 nitrogen and oxygen atoms in total. The van der Waals surface area contributed by atoms with Crippen molar-refractivity contribution < 1.29 is 4.42 Å². The SMILES string of the molecule is O=c1cc2c3c(cccc3o1)C(c1ccccc1)=C1c3ccccc3C(c3ccccc3)=C(c3ccccc3)N12. The molecule has 40 heavy (non-hydrogen) atoms. The van der Waals surface area contributed by atoms with E-state index in [1.807, 2.05) is 30.3 Å². The number of rotatable bonds is 3. The summed E-state index contributed by atoms with van der Waals surface area (Å²) in [5.74, 6) is 0. The van der Waals surface area contributed by atoms with Crippen LogP contribution in [0.4, 0.5) is 5.69 Å². The predicted molar refractivity (Wildman–Crippen MR) is 163 cm³/mol. The van der Waals surface area contributed by atoms with Crippen molar-refractivity contribution in [2.24, 2.45) is 0 Å². The maximum atomic E-state index is 13.0. The maximum Gasteiger partial charge on any atom is 0.338 e. The van der Waals surface area contributed by atoms with Crippen LogP contribution in [0.25, 0.3) is 33.5 Å². The van der Waals surface area contributed by atoms with Crippen molar-refractivity contribution in [3.63, 3.8) is 0 Å².